The lowest BCUT2D eigenvalue weighted by Crippen LogP contribution is -2.20. The van der Waals surface area contributed by atoms with Crippen LogP contribution in [0.3, 0.4) is 0 Å². The number of urea groups is 1. The van der Waals surface area contributed by atoms with E-state index in [1.807, 2.05) is 51.1 Å². The van der Waals surface area contributed by atoms with Gasteiger partial charge in [-0.25, -0.2) is 13.9 Å². The van der Waals surface area contributed by atoms with Crippen molar-refractivity contribution >= 4 is 17.4 Å². The molecule has 0 fully saturated rings. The largest absolute Gasteiger partial charge is 0.462 e. The minimum Gasteiger partial charge on any atom is -0.462 e. The van der Waals surface area contributed by atoms with E-state index < -0.39 is 0 Å². The van der Waals surface area contributed by atoms with Crippen LogP contribution in [0.1, 0.15) is 19.4 Å². The van der Waals surface area contributed by atoms with Gasteiger partial charge in [0.05, 0.1) is 12.3 Å². The molecule has 7 nitrogen and oxygen atoms in total. The molecule has 0 radical (unpaired) electrons. The number of carbonyl (C=O) groups is 1. The molecular formula is C26H26FN5O2. The molecule has 0 aliphatic carbocycles. The summed E-state index contributed by atoms with van der Waals surface area (Å²) in [6.45, 7) is 6.43. The van der Waals surface area contributed by atoms with Gasteiger partial charge in [0.1, 0.15) is 5.82 Å². The zero-order valence-electron chi connectivity index (χ0n) is 19.2. The van der Waals surface area contributed by atoms with Crippen LogP contribution in [0.25, 0.3) is 17.1 Å². The van der Waals surface area contributed by atoms with Crippen molar-refractivity contribution in [3.8, 4) is 23.1 Å². The number of para-hydroxylation sites is 1. The van der Waals surface area contributed by atoms with Gasteiger partial charge in [0, 0.05) is 16.9 Å². The first-order valence-electron chi connectivity index (χ1n) is 11.0. The molecule has 0 saturated carbocycles. The molecule has 174 valence electrons. The number of aryl methyl sites for hydroxylation is 1. The highest BCUT2D eigenvalue weighted by Gasteiger charge is 2.16. The van der Waals surface area contributed by atoms with Gasteiger partial charge in [0.25, 0.3) is 0 Å². The number of ether oxygens (including phenoxy) is 1. The van der Waals surface area contributed by atoms with Gasteiger partial charge in [-0.1, -0.05) is 50.2 Å². The Morgan fingerprint density at radius 3 is 2.59 bits per heavy atom. The van der Waals surface area contributed by atoms with Crippen LogP contribution >= 0.6 is 0 Å². The second-order valence-electron chi connectivity index (χ2n) is 8.29. The summed E-state index contributed by atoms with van der Waals surface area (Å²) < 4.78 is 21.2. The Kier molecular flexibility index (Phi) is 6.87. The monoisotopic (exact) mass is 459 g/mol. The maximum Gasteiger partial charge on any atom is 0.336 e. The molecule has 2 N–H and O–H groups in total. The Morgan fingerprint density at radius 1 is 1.03 bits per heavy atom. The highest BCUT2D eigenvalue weighted by atomic mass is 19.1. The van der Waals surface area contributed by atoms with Gasteiger partial charge < -0.3 is 15.4 Å². The van der Waals surface area contributed by atoms with Crippen LogP contribution in [0.5, 0.6) is 6.01 Å². The molecule has 4 rings (SSSR count). The van der Waals surface area contributed by atoms with Gasteiger partial charge in [0.15, 0.2) is 5.82 Å². The molecule has 3 aromatic carbocycles. The Hall–Kier alpha value is -4.20. The standard InChI is InChI=1S/C26H26FN5O2/c1-17(2)16-34-26-30-24(19-9-6-10-20(27)14-19)32(31-26)22-12-7-11-21(15-22)28-25(33)29-23-13-5-4-8-18(23)3/h4-15,17H,16H2,1-3H3,(H2,28,29,33). The van der Waals surface area contributed by atoms with Gasteiger partial charge in [-0.05, 0) is 54.8 Å². The van der Waals surface area contributed by atoms with Crippen LogP contribution in [-0.4, -0.2) is 27.4 Å². The van der Waals surface area contributed by atoms with E-state index in [9.17, 15) is 9.18 Å². The fraction of sp³-hybridized carbons (Fsp3) is 0.192. The number of nitrogens with zero attached hydrogens (tertiary/aromatic N) is 3. The Balaban J connectivity index is 1.62. The van der Waals surface area contributed by atoms with E-state index in [2.05, 4.69) is 20.7 Å². The fourth-order valence-corrected chi connectivity index (χ4v) is 3.30. The summed E-state index contributed by atoms with van der Waals surface area (Å²) in [5.41, 5.74) is 3.45. The van der Waals surface area contributed by atoms with Crippen molar-refractivity contribution in [3.05, 3.63) is 84.2 Å². The number of hydrogen-bond acceptors (Lipinski definition) is 4. The summed E-state index contributed by atoms with van der Waals surface area (Å²) in [5.74, 6) is 0.351. The van der Waals surface area contributed by atoms with Gasteiger partial charge >= 0.3 is 12.0 Å². The van der Waals surface area contributed by atoms with Crippen molar-refractivity contribution in [1.29, 1.82) is 0 Å². The van der Waals surface area contributed by atoms with Crippen LogP contribution in [-0.2, 0) is 0 Å². The third-order valence-electron chi connectivity index (χ3n) is 4.96. The number of carbonyl (C=O) groups excluding carboxylic acids is 1. The maximum atomic E-state index is 13.9. The van der Waals surface area contributed by atoms with E-state index in [0.717, 1.165) is 11.3 Å². The predicted molar refractivity (Wildman–Crippen MR) is 131 cm³/mol. The number of rotatable bonds is 7. The SMILES string of the molecule is Cc1ccccc1NC(=O)Nc1cccc(-n2nc(OCC(C)C)nc2-c2cccc(F)c2)c1. The summed E-state index contributed by atoms with van der Waals surface area (Å²) in [4.78, 5) is 17.0. The van der Waals surface area contributed by atoms with Gasteiger partial charge in [-0.15, -0.1) is 5.10 Å². The number of aromatic nitrogens is 3. The lowest BCUT2D eigenvalue weighted by Gasteiger charge is -2.11. The predicted octanol–water partition coefficient (Wildman–Crippen LogP) is 6.06. The minimum absolute atomic E-state index is 0.198. The first-order chi connectivity index (χ1) is 16.4. The van der Waals surface area contributed by atoms with Crippen molar-refractivity contribution in [2.45, 2.75) is 20.8 Å². The van der Waals surface area contributed by atoms with Crippen molar-refractivity contribution in [3.63, 3.8) is 0 Å². The quantitative estimate of drug-likeness (QED) is 0.352. The zero-order chi connectivity index (χ0) is 24.1. The number of benzene rings is 3. The number of anilines is 2. The highest BCUT2D eigenvalue weighted by Crippen LogP contribution is 2.26. The molecule has 2 amide bonds. The minimum atomic E-state index is -0.375. The summed E-state index contributed by atoms with van der Waals surface area (Å²) >= 11 is 0. The molecular weight excluding hydrogens is 433 g/mol. The van der Waals surface area contributed by atoms with E-state index in [1.54, 1.807) is 35.0 Å². The topological polar surface area (TPSA) is 81.1 Å². The molecule has 34 heavy (non-hydrogen) atoms. The maximum absolute atomic E-state index is 13.9. The molecule has 1 heterocycles. The Bertz CT molecular complexity index is 1300. The van der Waals surface area contributed by atoms with Gasteiger partial charge in [-0.2, -0.15) is 4.98 Å². The van der Waals surface area contributed by atoms with Gasteiger partial charge in [0.2, 0.25) is 0 Å². The van der Waals surface area contributed by atoms with Crippen LogP contribution in [0.4, 0.5) is 20.6 Å². The number of amides is 2. The zero-order valence-corrected chi connectivity index (χ0v) is 19.2. The lowest BCUT2D eigenvalue weighted by molar-refractivity contribution is 0.251. The normalized spacial score (nSPS) is 10.9. The molecule has 8 heteroatoms. The van der Waals surface area contributed by atoms with Gasteiger partial charge in [-0.3, -0.25) is 0 Å². The van der Waals surface area contributed by atoms with E-state index in [-0.39, 0.29) is 17.9 Å². The average molecular weight is 460 g/mol. The second-order valence-corrected chi connectivity index (χ2v) is 8.29. The van der Waals surface area contributed by atoms with E-state index in [0.29, 0.717) is 35.3 Å². The highest BCUT2D eigenvalue weighted by molar-refractivity contribution is 6.00. The molecule has 0 spiro atoms. The van der Waals surface area contributed by atoms with E-state index >= 15 is 0 Å². The van der Waals surface area contributed by atoms with Crippen molar-refractivity contribution in [2.75, 3.05) is 17.2 Å². The molecule has 0 aliphatic rings. The molecule has 0 bridgehead atoms. The van der Waals surface area contributed by atoms with Crippen molar-refractivity contribution in [2.24, 2.45) is 5.92 Å². The summed E-state index contributed by atoms with van der Waals surface area (Å²) in [5, 5.41) is 10.2. The van der Waals surface area contributed by atoms with Crippen LogP contribution < -0.4 is 15.4 Å². The lowest BCUT2D eigenvalue weighted by atomic mass is 10.2. The number of nitrogens with one attached hydrogen (secondary N) is 2. The smallest absolute Gasteiger partial charge is 0.336 e. The third kappa shape index (κ3) is 5.58. The summed E-state index contributed by atoms with van der Waals surface area (Å²) in [6.07, 6.45) is 0. The first kappa shape index (κ1) is 23.0. The molecule has 0 unspecified atom stereocenters. The number of halogens is 1. The fourth-order valence-electron chi connectivity index (χ4n) is 3.30. The Morgan fingerprint density at radius 2 is 1.82 bits per heavy atom. The molecule has 1 aromatic heterocycles. The van der Waals surface area contributed by atoms with E-state index in [4.69, 9.17) is 4.74 Å². The number of hydrogen-bond donors (Lipinski definition) is 2. The van der Waals surface area contributed by atoms with Crippen LogP contribution in [0, 0.1) is 18.7 Å². The average Bonchev–Trinajstić information content (AvgIpc) is 3.24. The molecule has 0 atom stereocenters. The molecule has 0 aliphatic heterocycles. The molecule has 4 aromatic rings. The third-order valence-corrected chi connectivity index (χ3v) is 4.96. The molecule has 0 saturated heterocycles. The van der Waals surface area contributed by atoms with E-state index in [1.165, 1.54) is 12.1 Å². The van der Waals surface area contributed by atoms with Crippen LogP contribution in [0.15, 0.2) is 72.8 Å². The first-order valence-corrected chi connectivity index (χ1v) is 11.0. The van der Waals surface area contributed by atoms with Crippen molar-refractivity contribution < 1.29 is 13.9 Å². The van der Waals surface area contributed by atoms with Crippen molar-refractivity contribution in [1.82, 2.24) is 14.8 Å². The van der Waals surface area contributed by atoms with Crippen LogP contribution in [0.2, 0.25) is 0 Å². The summed E-state index contributed by atoms with van der Waals surface area (Å²) in [6, 6.07) is 20.7. The second kappa shape index (κ2) is 10.2. The Labute approximate surface area is 197 Å². The summed E-state index contributed by atoms with van der Waals surface area (Å²) in [7, 11) is 0.